The number of hydrogen-bond acceptors (Lipinski definition) is 4. The molecule has 0 bridgehead atoms. The molecule has 100 valence electrons. The maximum absolute atomic E-state index is 11.1. The number of aromatic amines is 1. The molecule has 2 rings (SSSR count). The summed E-state index contributed by atoms with van der Waals surface area (Å²) in [7, 11) is 0. The summed E-state index contributed by atoms with van der Waals surface area (Å²) >= 11 is 6.71. The van der Waals surface area contributed by atoms with Gasteiger partial charge in [-0.3, -0.25) is 0 Å². The third-order valence-electron chi connectivity index (χ3n) is 2.28. The fourth-order valence-corrected chi connectivity index (χ4v) is 2.86. The number of aromatic hydroxyl groups is 1. The highest BCUT2D eigenvalue weighted by Crippen LogP contribution is 2.40. The number of amides is 1. The average molecular weight is 391 g/mol. The normalized spacial score (nSPS) is 11.3. The molecule has 2 N–H and O–H groups in total. The monoisotopic (exact) mass is 389 g/mol. The zero-order valence-electron chi connectivity index (χ0n) is 9.78. The van der Waals surface area contributed by atoms with E-state index >= 15 is 0 Å². The Hall–Kier alpha value is -1.41. The van der Waals surface area contributed by atoms with Gasteiger partial charge in [0.2, 0.25) is 5.88 Å². The van der Waals surface area contributed by atoms with Crippen LogP contribution in [0.5, 0.6) is 5.88 Å². The molecule has 1 aromatic heterocycles. The number of nitrogens with zero attached hydrogens (tertiary/aromatic N) is 2. The lowest BCUT2D eigenvalue weighted by atomic mass is 10.2. The Balaban J connectivity index is 2.48. The molecule has 0 atom stereocenters. The van der Waals surface area contributed by atoms with E-state index in [-0.39, 0.29) is 18.2 Å². The van der Waals surface area contributed by atoms with Crippen molar-refractivity contribution >= 4 is 54.5 Å². The van der Waals surface area contributed by atoms with Crippen LogP contribution in [0.15, 0.2) is 31.3 Å². The van der Waals surface area contributed by atoms with Crippen LogP contribution < -0.4 is 0 Å². The van der Waals surface area contributed by atoms with E-state index in [0.717, 1.165) is 8.95 Å². The molecule has 19 heavy (non-hydrogen) atoms. The van der Waals surface area contributed by atoms with Gasteiger partial charge >= 0.3 is 6.09 Å². The fourth-order valence-electron chi connectivity index (χ4n) is 1.54. The lowest BCUT2D eigenvalue weighted by molar-refractivity contribution is 0.162. The maximum Gasteiger partial charge on any atom is 0.452 e. The predicted molar refractivity (Wildman–Crippen MR) is 76.9 cm³/mol. The molecule has 0 saturated heterocycles. The van der Waals surface area contributed by atoms with Gasteiger partial charge in [0.05, 0.1) is 12.1 Å². The van der Waals surface area contributed by atoms with Crippen LogP contribution in [-0.2, 0) is 4.74 Å². The van der Waals surface area contributed by atoms with Crippen LogP contribution in [0.4, 0.5) is 10.5 Å². The molecular weight excluding hydrogens is 382 g/mol. The summed E-state index contributed by atoms with van der Waals surface area (Å²) in [5.74, 6) is -0.165. The van der Waals surface area contributed by atoms with Crippen LogP contribution in [0.3, 0.4) is 0 Å². The molecule has 0 aliphatic rings. The van der Waals surface area contributed by atoms with Gasteiger partial charge in [0.1, 0.15) is 0 Å². The molecule has 8 heteroatoms. The number of ether oxygens (including phenoxy) is 1. The molecule has 0 fully saturated rings. The van der Waals surface area contributed by atoms with Crippen LogP contribution >= 0.6 is 31.9 Å². The number of nitrogens with one attached hydrogen (secondary N) is 1. The Morgan fingerprint density at radius 1 is 1.47 bits per heavy atom. The number of carbonyl (C=O) groups excluding carboxylic acids is 1. The van der Waals surface area contributed by atoms with Gasteiger partial charge in [-0.25, -0.2) is 4.79 Å². The molecule has 0 aliphatic carbocycles. The maximum atomic E-state index is 11.1. The fraction of sp³-hybridized carbons (Fsp3) is 0.182. The zero-order valence-corrected chi connectivity index (χ0v) is 12.9. The number of carbonyl (C=O) groups is 1. The van der Waals surface area contributed by atoms with Crippen LogP contribution in [0, 0.1) is 0 Å². The first-order valence-corrected chi connectivity index (χ1v) is 6.89. The number of azo groups is 1. The highest BCUT2D eigenvalue weighted by Gasteiger charge is 2.14. The summed E-state index contributed by atoms with van der Waals surface area (Å²) in [6.07, 6.45) is -0.801. The van der Waals surface area contributed by atoms with Gasteiger partial charge in [-0.05, 0) is 35.0 Å². The van der Waals surface area contributed by atoms with Crippen molar-refractivity contribution in [1.29, 1.82) is 0 Å². The van der Waals surface area contributed by atoms with E-state index in [4.69, 9.17) is 0 Å². The number of halogens is 2. The van der Waals surface area contributed by atoms with Gasteiger partial charge in [0.25, 0.3) is 0 Å². The first kappa shape index (κ1) is 14.0. The highest BCUT2D eigenvalue weighted by atomic mass is 79.9. The molecule has 0 saturated carbocycles. The standard InChI is InChI=1S/C11H9Br2N3O3/c1-2-19-11(18)16-15-9-6-3-5(12)4-7(13)8(6)14-10(9)17/h3-4,14,17H,2H2,1H3. The Kier molecular flexibility index (Phi) is 4.20. The van der Waals surface area contributed by atoms with Crippen molar-refractivity contribution in [3.63, 3.8) is 0 Å². The third-order valence-corrected chi connectivity index (χ3v) is 3.36. The minimum absolute atomic E-state index is 0.165. The van der Waals surface area contributed by atoms with Gasteiger partial charge in [0.15, 0.2) is 5.69 Å². The molecular formula is C11H9Br2N3O3. The van der Waals surface area contributed by atoms with E-state index in [2.05, 4.69) is 51.8 Å². The molecule has 1 amide bonds. The van der Waals surface area contributed by atoms with E-state index in [1.54, 1.807) is 13.0 Å². The highest BCUT2D eigenvalue weighted by molar-refractivity contribution is 9.11. The molecule has 0 aliphatic heterocycles. The predicted octanol–water partition coefficient (Wildman–Crippen LogP) is 4.64. The lowest BCUT2D eigenvalue weighted by Crippen LogP contribution is -1.95. The molecule has 0 unspecified atom stereocenters. The topological polar surface area (TPSA) is 87.0 Å². The summed E-state index contributed by atoms with van der Waals surface area (Å²) < 4.78 is 6.19. The van der Waals surface area contributed by atoms with Gasteiger partial charge in [-0.15, -0.1) is 5.11 Å². The third kappa shape index (κ3) is 2.95. The quantitative estimate of drug-likeness (QED) is 0.732. The summed E-state index contributed by atoms with van der Waals surface area (Å²) in [5.41, 5.74) is 0.851. The number of benzene rings is 1. The van der Waals surface area contributed by atoms with Crippen molar-refractivity contribution in [2.75, 3.05) is 6.61 Å². The average Bonchev–Trinajstić information content (AvgIpc) is 2.64. The van der Waals surface area contributed by atoms with Crippen molar-refractivity contribution < 1.29 is 14.6 Å². The van der Waals surface area contributed by atoms with E-state index in [1.807, 2.05) is 6.07 Å². The van der Waals surface area contributed by atoms with E-state index in [0.29, 0.717) is 10.9 Å². The largest absolute Gasteiger partial charge is 0.493 e. The number of aromatic nitrogens is 1. The SMILES string of the molecule is CCOC(=O)N=Nc1c(O)[nH]c2c(Br)cc(Br)cc12. The summed E-state index contributed by atoms with van der Waals surface area (Å²) in [6, 6.07) is 3.58. The molecule has 6 nitrogen and oxygen atoms in total. The van der Waals surface area contributed by atoms with Crippen molar-refractivity contribution in [1.82, 2.24) is 4.98 Å². The summed E-state index contributed by atoms with van der Waals surface area (Å²) in [4.78, 5) is 13.9. The molecule has 1 aromatic carbocycles. The smallest absolute Gasteiger partial charge is 0.452 e. The van der Waals surface area contributed by atoms with E-state index < -0.39 is 6.09 Å². The van der Waals surface area contributed by atoms with Gasteiger partial charge in [0, 0.05) is 14.3 Å². The van der Waals surface area contributed by atoms with E-state index in [1.165, 1.54) is 0 Å². The Morgan fingerprint density at radius 2 is 2.21 bits per heavy atom. The minimum Gasteiger partial charge on any atom is -0.493 e. The van der Waals surface area contributed by atoms with Gasteiger partial charge in [-0.1, -0.05) is 21.0 Å². The first-order chi connectivity index (χ1) is 9.02. The molecule has 0 radical (unpaired) electrons. The summed E-state index contributed by atoms with van der Waals surface area (Å²) in [6.45, 7) is 1.89. The number of hydrogen-bond donors (Lipinski definition) is 2. The van der Waals surface area contributed by atoms with Crippen molar-refractivity contribution in [2.24, 2.45) is 10.2 Å². The Bertz CT molecular complexity index is 667. The molecule has 2 aromatic rings. The van der Waals surface area contributed by atoms with Gasteiger partial charge < -0.3 is 14.8 Å². The lowest BCUT2D eigenvalue weighted by Gasteiger charge is -1.96. The zero-order chi connectivity index (χ0) is 14.0. The van der Waals surface area contributed by atoms with Crippen molar-refractivity contribution in [2.45, 2.75) is 6.92 Å². The molecule has 0 spiro atoms. The van der Waals surface area contributed by atoms with Crippen molar-refractivity contribution in [3.05, 3.63) is 21.1 Å². The van der Waals surface area contributed by atoms with E-state index in [9.17, 15) is 9.90 Å². The number of H-pyrrole nitrogens is 1. The van der Waals surface area contributed by atoms with Gasteiger partial charge in [-0.2, -0.15) is 0 Å². The number of fused-ring (bicyclic) bond motifs is 1. The van der Waals surface area contributed by atoms with Crippen LogP contribution in [0.2, 0.25) is 0 Å². The molecule has 1 heterocycles. The van der Waals surface area contributed by atoms with Crippen LogP contribution in [-0.4, -0.2) is 22.8 Å². The van der Waals surface area contributed by atoms with Crippen molar-refractivity contribution in [3.8, 4) is 5.88 Å². The van der Waals surface area contributed by atoms with Crippen LogP contribution in [0.25, 0.3) is 10.9 Å². The Labute approximate surface area is 125 Å². The minimum atomic E-state index is -0.801. The second-order valence-corrected chi connectivity index (χ2v) is 5.30. The second kappa shape index (κ2) is 5.70. The van der Waals surface area contributed by atoms with Crippen LogP contribution in [0.1, 0.15) is 6.92 Å². The second-order valence-electron chi connectivity index (χ2n) is 3.53. The first-order valence-electron chi connectivity index (χ1n) is 5.31. The Morgan fingerprint density at radius 3 is 2.89 bits per heavy atom. The summed E-state index contributed by atoms with van der Waals surface area (Å²) in [5, 5.41) is 17.5. The number of rotatable bonds is 2.